The third-order valence-electron chi connectivity index (χ3n) is 3.70. The van der Waals surface area contributed by atoms with Crippen LogP contribution < -0.4 is 10.1 Å². The molecule has 4 aromatic rings. The van der Waals surface area contributed by atoms with E-state index in [1.807, 2.05) is 24.3 Å². The first-order chi connectivity index (χ1) is 12.5. The van der Waals surface area contributed by atoms with Crippen LogP contribution in [0.3, 0.4) is 0 Å². The molecule has 0 unspecified atom stereocenters. The van der Waals surface area contributed by atoms with Gasteiger partial charge in [0.2, 0.25) is 4.96 Å². The fourth-order valence-corrected chi connectivity index (χ4v) is 3.64. The Morgan fingerprint density at radius 1 is 1.15 bits per heavy atom. The van der Waals surface area contributed by atoms with E-state index >= 15 is 0 Å². The maximum Gasteiger partial charge on any atom is 0.291 e. The summed E-state index contributed by atoms with van der Waals surface area (Å²) in [5, 5.41) is 15.4. The average molecular weight is 429 g/mol. The molecular formula is C17H9BrN4O3S. The van der Waals surface area contributed by atoms with Crippen molar-refractivity contribution in [3.8, 4) is 11.4 Å². The molecule has 0 N–H and O–H groups in total. The first kappa shape index (κ1) is 16.6. The second-order valence-electron chi connectivity index (χ2n) is 5.37. The van der Waals surface area contributed by atoms with Gasteiger partial charge in [0.25, 0.3) is 11.2 Å². The summed E-state index contributed by atoms with van der Waals surface area (Å²) in [4.78, 5) is 28.1. The first-order valence-electron chi connectivity index (χ1n) is 7.43. The lowest BCUT2D eigenvalue weighted by atomic mass is 10.2. The number of hydrogen-bond acceptors (Lipinski definition) is 6. The molecule has 0 saturated carbocycles. The third kappa shape index (κ3) is 2.91. The minimum Gasteiger partial charge on any atom is -0.266 e. The van der Waals surface area contributed by atoms with E-state index in [4.69, 9.17) is 0 Å². The summed E-state index contributed by atoms with van der Waals surface area (Å²) < 4.78 is 2.51. The van der Waals surface area contributed by atoms with Crippen LogP contribution in [0, 0.1) is 10.1 Å². The van der Waals surface area contributed by atoms with E-state index in [9.17, 15) is 14.9 Å². The Balaban J connectivity index is 1.83. The Hall–Kier alpha value is -2.91. The van der Waals surface area contributed by atoms with Gasteiger partial charge in [-0.2, -0.15) is 9.50 Å². The number of nitro groups is 1. The molecule has 0 aliphatic heterocycles. The number of fused-ring (bicyclic) bond motifs is 1. The van der Waals surface area contributed by atoms with Crippen molar-refractivity contribution in [2.75, 3.05) is 0 Å². The SMILES string of the molecule is O=c1/c(=C\c2ccccc2[N+](=O)[O-])sc2nc(-c3ccc(Br)cc3)nn12. The number of para-hydroxylation sites is 1. The summed E-state index contributed by atoms with van der Waals surface area (Å²) in [6.07, 6.45) is 1.50. The normalized spacial score (nSPS) is 12.0. The fourth-order valence-electron chi connectivity index (χ4n) is 2.47. The number of rotatable bonds is 3. The Bertz CT molecular complexity index is 1250. The highest BCUT2D eigenvalue weighted by Gasteiger charge is 2.14. The number of benzene rings is 2. The van der Waals surface area contributed by atoms with Gasteiger partial charge in [0, 0.05) is 16.1 Å². The van der Waals surface area contributed by atoms with Gasteiger partial charge in [-0.15, -0.1) is 5.10 Å². The number of aromatic nitrogens is 3. The van der Waals surface area contributed by atoms with Crippen LogP contribution in [-0.4, -0.2) is 19.5 Å². The van der Waals surface area contributed by atoms with E-state index in [1.54, 1.807) is 18.2 Å². The van der Waals surface area contributed by atoms with Crippen LogP contribution >= 0.6 is 27.3 Å². The van der Waals surface area contributed by atoms with Gasteiger partial charge in [-0.05, 0) is 24.3 Å². The highest BCUT2D eigenvalue weighted by molar-refractivity contribution is 9.10. The average Bonchev–Trinajstić information content (AvgIpc) is 3.16. The molecule has 4 rings (SSSR count). The molecule has 128 valence electrons. The lowest BCUT2D eigenvalue weighted by Crippen LogP contribution is -2.23. The first-order valence-corrected chi connectivity index (χ1v) is 9.04. The molecule has 2 aromatic carbocycles. The van der Waals surface area contributed by atoms with E-state index < -0.39 is 4.92 Å². The molecule has 0 aliphatic carbocycles. The van der Waals surface area contributed by atoms with Gasteiger partial charge in [-0.1, -0.05) is 51.5 Å². The number of nitrogens with zero attached hydrogens (tertiary/aromatic N) is 4. The molecule has 0 spiro atoms. The molecule has 0 fully saturated rings. The Morgan fingerprint density at radius 2 is 1.88 bits per heavy atom. The zero-order valence-corrected chi connectivity index (χ0v) is 15.4. The molecule has 7 nitrogen and oxygen atoms in total. The Labute approximate surface area is 158 Å². The summed E-state index contributed by atoms with van der Waals surface area (Å²) in [6.45, 7) is 0. The second-order valence-corrected chi connectivity index (χ2v) is 7.29. The molecule has 0 saturated heterocycles. The van der Waals surface area contributed by atoms with Gasteiger partial charge < -0.3 is 0 Å². The van der Waals surface area contributed by atoms with Gasteiger partial charge >= 0.3 is 0 Å². The van der Waals surface area contributed by atoms with E-state index in [0.717, 1.165) is 21.4 Å². The smallest absolute Gasteiger partial charge is 0.266 e. The highest BCUT2D eigenvalue weighted by atomic mass is 79.9. The van der Waals surface area contributed by atoms with Crippen LogP contribution in [0.1, 0.15) is 5.56 Å². The molecule has 0 aliphatic rings. The van der Waals surface area contributed by atoms with E-state index in [0.29, 0.717) is 20.9 Å². The van der Waals surface area contributed by atoms with Gasteiger partial charge in [-0.25, -0.2) is 0 Å². The van der Waals surface area contributed by atoms with E-state index in [1.165, 1.54) is 16.7 Å². The Kier molecular flexibility index (Phi) is 4.09. The van der Waals surface area contributed by atoms with Crippen molar-refractivity contribution in [2.45, 2.75) is 0 Å². The van der Waals surface area contributed by atoms with Crippen molar-refractivity contribution in [1.29, 1.82) is 0 Å². The van der Waals surface area contributed by atoms with E-state index in [2.05, 4.69) is 26.0 Å². The lowest BCUT2D eigenvalue weighted by Gasteiger charge is -1.95. The number of nitro benzene ring substituents is 1. The quantitative estimate of drug-likeness (QED) is 0.369. The lowest BCUT2D eigenvalue weighted by molar-refractivity contribution is -0.385. The van der Waals surface area contributed by atoms with Crippen molar-refractivity contribution in [1.82, 2.24) is 14.6 Å². The molecule has 0 atom stereocenters. The van der Waals surface area contributed by atoms with Crippen molar-refractivity contribution in [3.63, 3.8) is 0 Å². The molecule has 0 radical (unpaired) electrons. The molecule has 9 heteroatoms. The summed E-state index contributed by atoms with van der Waals surface area (Å²) in [5.41, 5.74) is 0.764. The van der Waals surface area contributed by atoms with Crippen molar-refractivity contribution in [3.05, 3.63) is 83.6 Å². The van der Waals surface area contributed by atoms with Crippen LogP contribution in [-0.2, 0) is 0 Å². The van der Waals surface area contributed by atoms with Gasteiger partial charge in [0.05, 0.1) is 15.0 Å². The predicted octanol–water partition coefficient (Wildman–Crippen LogP) is 3.04. The maximum atomic E-state index is 12.6. The summed E-state index contributed by atoms with van der Waals surface area (Å²) in [5.74, 6) is 0.457. The summed E-state index contributed by atoms with van der Waals surface area (Å²) in [7, 11) is 0. The van der Waals surface area contributed by atoms with Crippen LogP contribution in [0.2, 0.25) is 0 Å². The molecule has 0 amide bonds. The zero-order chi connectivity index (χ0) is 18.3. The van der Waals surface area contributed by atoms with Gasteiger partial charge in [-0.3, -0.25) is 14.9 Å². The fraction of sp³-hybridized carbons (Fsp3) is 0. The molecular weight excluding hydrogens is 420 g/mol. The molecule has 26 heavy (non-hydrogen) atoms. The van der Waals surface area contributed by atoms with Crippen LogP contribution in [0.5, 0.6) is 0 Å². The minimum absolute atomic E-state index is 0.0542. The number of hydrogen-bond donors (Lipinski definition) is 0. The van der Waals surface area contributed by atoms with Gasteiger partial charge in [0.1, 0.15) is 0 Å². The van der Waals surface area contributed by atoms with Crippen LogP contribution in [0.25, 0.3) is 22.4 Å². The van der Waals surface area contributed by atoms with Crippen molar-refractivity contribution >= 4 is 44.0 Å². The monoisotopic (exact) mass is 428 g/mol. The third-order valence-corrected chi connectivity index (χ3v) is 5.19. The van der Waals surface area contributed by atoms with Crippen LogP contribution in [0.15, 0.2) is 57.8 Å². The topological polar surface area (TPSA) is 90.4 Å². The number of thiazole rings is 1. The largest absolute Gasteiger partial charge is 0.291 e. The maximum absolute atomic E-state index is 12.6. The Morgan fingerprint density at radius 3 is 2.58 bits per heavy atom. The zero-order valence-electron chi connectivity index (χ0n) is 13.0. The second kappa shape index (κ2) is 6.43. The predicted molar refractivity (Wildman–Crippen MR) is 102 cm³/mol. The van der Waals surface area contributed by atoms with Gasteiger partial charge in [0.15, 0.2) is 5.82 Å². The van der Waals surface area contributed by atoms with E-state index in [-0.39, 0.29) is 11.2 Å². The summed E-state index contributed by atoms with van der Waals surface area (Å²) in [6, 6.07) is 13.7. The molecule has 2 aromatic heterocycles. The molecule has 0 bridgehead atoms. The molecule has 2 heterocycles. The summed E-state index contributed by atoms with van der Waals surface area (Å²) >= 11 is 4.51. The minimum atomic E-state index is -0.473. The van der Waals surface area contributed by atoms with Crippen LogP contribution in [0.4, 0.5) is 5.69 Å². The van der Waals surface area contributed by atoms with Crippen molar-refractivity contribution in [2.24, 2.45) is 0 Å². The number of halogens is 1. The van der Waals surface area contributed by atoms with Crippen molar-refractivity contribution < 1.29 is 4.92 Å². The highest BCUT2D eigenvalue weighted by Crippen LogP contribution is 2.20. The standard InChI is InChI=1S/C17H9BrN4O3S/c18-12-7-5-10(6-8-12)15-19-17-21(20-15)16(23)14(26-17)9-11-3-1-2-4-13(11)22(24)25/h1-9H/b14-9+.